The Morgan fingerprint density at radius 3 is 2.16 bits per heavy atom. The Hall–Kier alpha value is -3.88. The highest BCUT2D eigenvalue weighted by molar-refractivity contribution is 5.96. The third-order valence-electron chi connectivity index (χ3n) is 5.22. The number of pyridine rings is 1. The van der Waals surface area contributed by atoms with Crippen molar-refractivity contribution in [3.8, 4) is 22.8 Å². The number of ether oxygens (including phenoxy) is 2. The topological polar surface area (TPSA) is 101 Å². The van der Waals surface area contributed by atoms with Gasteiger partial charge in [-0.15, -0.1) is 0 Å². The Morgan fingerprint density at radius 2 is 1.58 bits per heavy atom. The van der Waals surface area contributed by atoms with Crippen LogP contribution in [0, 0.1) is 0 Å². The second kappa shape index (κ2) is 8.86. The molecule has 4 rings (SSSR count). The molecule has 1 aliphatic heterocycles. The van der Waals surface area contributed by atoms with Crippen LogP contribution < -0.4 is 9.47 Å². The van der Waals surface area contributed by atoms with Crippen molar-refractivity contribution >= 4 is 11.8 Å². The van der Waals surface area contributed by atoms with E-state index in [9.17, 15) is 9.59 Å². The van der Waals surface area contributed by atoms with Gasteiger partial charge in [-0.25, -0.2) is 0 Å². The van der Waals surface area contributed by atoms with Gasteiger partial charge in [-0.2, -0.15) is 5.10 Å². The molecule has 0 spiro atoms. The van der Waals surface area contributed by atoms with Gasteiger partial charge in [0.05, 0.1) is 19.9 Å². The van der Waals surface area contributed by atoms with Crippen molar-refractivity contribution in [2.75, 3.05) is 40.4 Å². The molecule has 2 amide bonds. The normalized spacial score (nSPS) is 13.7. The lowest BCUT2D eigenvalue weighted by Gasteiger charge is -2.34. The smallest absolute Gasteiger partial charge is 0.272 e. The zero-order valence-corrected chi connectivity index (χ0v) is 17.4. The van der Waals surface area contributed by atoms with Crippen LogP contribution in [0.1, 0.15) is 20.8 Å². The summed E-state index contributed by atoms with van der Waals surface area (Å²) < 4.78 is 10.5. The number of aromatic nitrogens is 3. The first kappa shape index (κ1) is 20.4. The molecule has 3 aromatic rings. The average Bonchev–Trinajstić information content (AvgIpc) is 3.34. The largest absolute Gasteiger partial charge is 0.497 e. The molecule has 0 unspecified atom stereocenters. The van der Waals surface area contributed by atoms with Gasteiger partial charge < -0.3 is 19.3 Å². The molecule has 9 nitrogen and oxygen atoms in total. The van der Waals surface area contributed by atoms with E-state index in [1.807, 2.05) is 12.1 Å². The van der Waals surface area contributed by atoms with E-state index in [1.54, 1.807) is 60.7 Å². The third-order valence-corrected chi connectivity index (χ3v) is 5.22. The zero-order chi connectivity index (χ0) is 21.8. The van der Waals surface area contributed by atoms with Crippen LogP contribution in [0.15, 0.2) is 48.8 Å². The number of hydrogen-bond acceptors (Lipinski definition) is 6. The van der Waals surface area contributed by atoms with E-state index in [0.29, 0.717) is 54.6 Å². The van der Waals surface area contributed by atoms with Crippen LogP contribution in [0.4, 0.5) is 0 Å². The molecular formula is C22H23N5O4. The molecule has 1 aromatic carbocycles. The minimum Gasteiger partial charge on any atom is -0.497 e. The first-order valence-electron chi connectivity index (χ1n) is 9.86. The molecule has 1 fully saturated rings. The number of carbonyl (C=O) groups excluding carboxylic acids is 2. The lowest BCUT2D eigenvalue weighted by Crippen LogP contribution is -2.50. The molecule has 0 saturated carbocycles. The van der Waals surface area contributed by atoms with Crippen molar-refractivity contribution in [3.63, 3.8) is 0 Å². The molecule has 1 saturated heterocycles. The second-order valence-corrected chi connectivity index (χ2v) is 7.09. The van der Waals surface area contributed by atoms with Gasteiger partial charge in [0.1, 0.15) is 17.2 Å². The summed E-state index contributed by atoms with van der Waals surface area (Å²) in [5.74, 6) is 0.850. The predicted octanol–water partition coefficient (Wildman–Crippen LogP) is 2.09. The Balaban J connectivity index is 1.40. The van der Waals surface area contributed by atoms with Gasteiger partial charge in [-0.05, 0) is 30.3 Å². The van der Waals surface area contributed by atoms with Gasteiger partial charge in [0, 0.05) is 55.8 Å². The quantitative estimate of drug-likeness (QED) is 0.677. The number of aromatic amines is 1. The van der Waals surface area contributed by atoms with E-state index in [-0.39, 0.29) is 11.8 Å². The molecule has 160 valence electrons. The fourth-order valence-electron chi connectivity index (χ4n) is 3.49. The van der Waals surface area contributed by atoms with Crippen molar-refractivity contribution in [2.24, 2.45) is 0 Å². The highest BCUT2D eigenvalue weighted by atomic mass is 16.5. The van der Waals surface area contributed by atoms with E-state index in [2.05, 4.69) is 15.2 Å². The number of methoxy groups -OCH3 is 2. The molecule has 0 bridgehead atoms. The molecule has 1 aliphatic rings. The number of H-pyrrole nitrogens is 1. The molecule has 9 heteroatoms. The first-order valence-corrected chi connectivity index (χ1v) is 9.86. The maximum Gasteiger partial charge on any atom is 0.272 e. The number of amides is 2. The van der Waals surface area contributed by atoms with Gasteiger partial charge in [-0.3, -0.25) is 19.7 Å². The summed E-state index contributed by atoms with van der Waals surface area (Å²) in [5, 5.41) is 7.03. The highest BCUT2D eigenvalue weighted by Crippen LogP contribution is 2.24. The van der Waals surface area contributed by atoms with E-state index in [1.165, 1.54) is 0 Å². The van der Waals surface area contributed by atoms with E-state index >= 15 is 0 Å². The Morgan fingerprint density at radius 1 is 0.935 bits per heavy atom. The Labute approximate surface area is 179 Å². The van der Waals surface area contributed by atoms with Crippen LogP contribution in [0.25, 0.3) is 11.3 Å². The number of piperazine rings is 1. The van der Waals surface area contributed by atoms with Gasteiger partial charge >= 0.3 is 0 Å². The molecule has 3 heterocycles. The standard InChI is InChI=1S/C22H23N5O4/c1-30-17-10-16(11-18(12-17)31-2)21(28)26-6-8-27(9-7-26)22(29)20-13-19(24-25-20)15-4-3-5-23-14-15/h3-5,10-14H,6-9H2,1-2H3,(H,24,25). The number of nitrogens with zero attached hydrogens (tertiary/aromatic N) is 4. The summed E-state index contributed by atoms with van der Waals surface area (Å²) in [5.41, 5.74) is 2.40. The molecule has 0 atom stereocenters. The van der Waals surface area contributed by atoms with Crippen LogP contribution in [0.3, 0.4) is 0 Å². The van der Waals surface area contributed by atoms with Crippen LogP contribution in [0.5, 0.6) is 11.5 Å². The van der Waals surface area contributed by atoms with Crippen LogP contribution >= 0.6 is 0 Å². The maximum absolute atomic E-state index is 12.9. The SMILES string of the molecule is COc1cc(OC)cc(C(=O)N2CCN(C(=O)c3cc(-c4cccnc4)n[nH]3)CC2)c1. The fraction of sp³-hybridized carbons (Fsp3) is 0.273. The minimum absolute atomic E-state index is 0.121. The van der Waals surface area contributed by atoms with Crippen molar-refractivity contribution in [1.82, 2.24) is 25.0 Å². The fourth-order valence-corrected chi connectivity index (χ4v) is 3.49. The van der Waals surface area contributed by atoms with Gasteiger partial charge in [-0.1, -0.05) is 0 Å². The highest BCUT2D eigenvalue weighted by Gasteiger charge is 2.27. The molecule has 31 heavy (non-hydrogen) atoms. The number of hydrogen-bond donors (Lipinski definition) is 1. The Bertz CT molecular complexity index is 1050. The number of carbonyl (C=O) groups is 2. The van der Waals surface area contributed by atoms with Gasteiger partial charge in [0.25, 0.3) is 11.8 Å². The summed E-state index contributed by atoms with van der Waals surface area (Å²) in [6, 6.07) is 10.5. The van der Waals surface area contributed by atoms with Crippen LogP contribution in [0.2, 0.25) is 0 Å². The average molecular weight is 421 g/mol. The van der Waals surface area contributed by atoms with Crippen molar-refractivity contribution in [3.05, 3.63) is 60.0 Å². The van der Waals surface area contributed by atoms with Crippen molar-refractivity contribution in [1.29, 1.82) is 0 Å². The molecule has 0 aliphatic carbocycles. The molecule has 1 N–H and O–H groups in total. The summed E-state index contributed by atoms with van der Waals surface area (Å²) in [6.07, 6.45) is 3.38. The van der Waals surface area contributed by atoms with Gasteiger partial charge in [0.2, 0.25) is 0 Å². The predicted molar refractivity (Wildman–Crippen MR) is 113 cm³/mol. The number of benzene rings is 1. The number of nitrogens with one attached hydrogen (secondary N) is 1. The Kier molecular flexibility index (Phi) is 5.83. The van der Waals surface area contributed by atoms with E-state index < -0.39 is 0 Å². The maximum atomic E-state index is 12.9. The monoisotopic (exact) mass is 421 g/mol. The summed E-state index contributed by atoms with van der Waals surface area (Å²) in [4.78, 5) is 33.3. The minimum atomic E-state index is -0.141. The summed E-state index contributed by atoms with van der Waals surface area (Å²) in [6.45, 7) is 1.75. The number of rotatable bonds is 5. The molecule has 0 radical (unpaired) electrons. The zero-order valence-electron chi connectivity index (χ0n) is 17.4. The first-order chi connectivity index (χ1) is 15.1. The van der Waals surface area contributed by atoms with Crippen molar-refractivity contribution < 1.29 is 19.1 Å². The summed E-state index contributed by atoms with van der Waals surface area (Å²) >= 11 is 0. The second-order valence-electron chi connectivity index (χ2n) is 7.09. The van der Waals surface area contributed by atoms with Crippen LogP contribution in [-0.2, 0) is 0 Å². The third kappa shape index (κ3) is 4.35. The van der Waals surface area contributed by atoms with Gasteiger partial charge in [0.15, 0.2) is 0 Å². The lowest BCUT2D eigenvalue weighted by atomic mass is 10.1. The van der Waals surface area contributed by atoms with Crippen LogP contribution in [-0.4, -0.2) is 77.2 Å². The molecular weight excluding hydrogens is 398 g/mol. The summed E-state index contributed by atoms with van der Waals surface area (Å²) in [7, 11) is 3.09. The van der Waals surface area contributed by atoms with E-state index in [4.69, 9.17) is 9.47 Å². The molecule has 2 aromatic heterocycles. The van der Waals surface area contributed by atoms with E-state index in [0.717, 1.165) is 5.56 Å². The lowest BCUT2D eigenvalue weighted by molar-refractivity contribution is 0.0532. The van der Waals surface area contributed by atoms with Crippen molar-refractivity contribution in [2.45, 2.75) is 0 Å².